The van der Waals surface area contributed by atoms with Crippen molar-refractivity contribution in [2.75, 3.05) is 0 Å². The highest BCUT2D eigenvalue weighted by molar-refractivity contribution is 5.85. The van der Waals surface area contributed by atoms with E-state index in [1.807, 2.05) is 12.1 Å². The number of benzene rings is 2. The number of ether oxygens (including phenoxy) is 1. The van der Waals surface area contributed by atoms with Crippen molar-refractivity contribution in [1.82, 2.24) is 0 Å². The van der Waals surface area contributed by atoms with Gasteiger partial charge >= 0.3 is 5.97 Å². The molecule has 1 fully saturated rings. The van der Waals surface area contributed by atoms with Crippen molar-refractivity contribution in [2.24, 2.45) is 5.92 Å². The highest BCUT2D eigenvalue weighted by Crippen LogP contribution is 2.38. The van der Waals surface area contributed by atoms with Crippen LogP contribution >= 0.6 is 0 Å². The molecular formula is C27H38O2. The maximum absolute atomic E-state index is 12.0. The molecule has 0 heterocycles. The van der Waals surface area contributed by atoms with Crippen molar-refractivity contribution < 1.29 is 9.53 Å². The van der Waals surface area contributed by atoms with Crippen LogP contribution in [0.25, 0.3) is 10.8 Å². The Morgan fingerprint density at radius 2 is 1.59 bits per heavy atom. The van der Waals surface area contributed by atoms with Gasteiger partial charge in [0.2, 0.25) is 0 Å². The largest absolute Gasteiger partial charge is 0.427 e. The molecule has 2 aromatic carbocycles. The molecule has 1 aliphatic rings. The zero-order chi connectivity index (χ0) is 20.5. The smallest absolute Gasteiger partial charge is 0.311 e. The van der Waals surface area contributed by atoms with E-state index in [-0.39, 0.29) is 5.97 Å². The summed E-state index contributed by atoms with van der Waals surface area (Å²) in [7, 11) is 0. The molecule has 0 spiro atoms. The highest BCUT2D eigenvalue weighted by Gasteiger charge is 2.22. The van der Waals surface area contributed by atoms with Crippen LogP contribution in [0.3, 0.4) is 0 Å². The van der Waals surface area contributed by atoms with Gasteiger partial charge in [-0.2, -0.15) is 0 Å². The van der Waals surface area contributed by atoms with Gasteiger partial charge in [-0.15, -0.1) is 0 Å². The first-order valence-electron chi connectivity index (χ1n) is 11.9. The molecule has 0 aliphatic heterocycles. The van der Waals surface area contributed by atoms with Crippen LogP contribution in [-0.4, -0.2) is 5.97 Å². The van der Waals surface area contributed by atoms with Crippen LogP contribution in [0, 0.1) is 5.92 Å². The fourth-order valence-corrected chi connectivity index (χ4v) is 4.72. The van der Waals surface area contributed by atoms with E-state index in [0.717, 1.165) is 24.1 Å². The van der Waals surface area contributed by atoms with Gasteiger partial charge in [0.05, 0.1) is 0 Å². The van der Waals surface area contributed by atoms with Crippen LogP contribution in [0.4, 0.5) is 0 Å². The summed E-state index contributed by atoms with van der Waals surface area (Å²) in [6.07, 6.45) is 14.5. The van der Waals surface area contributed by atoms with Crippen LogP contribution in [0.5, 0.6) is 5.75 Å². The lowest BCUT2D eigenvalue weighted by molar-refractivity contribution is -0.134. The number of unbranched alkanes of at least 4 members (excludes halogenated alkanes) is 4. The molecule has 29 heavy (non-hydrogen) atoms. The number of esters is 1. The minimum Gasteiger partial charge on any atom is -0.427 e. The van der Waals surface area contributed by atoms with Crippen molar-refractivity contribution in [2.45, 2.75) is 96.8 Å². The summed E-state index contributed by atoms with van der Waals surface area (Å²) in [5.74, 6) is 2.21. The van der Waals surface area contributed by atoms with Crippen molar-refractivity contribution in [3.05, 3.63) is 42.0 Å². The molecule has 3 rings (SSSR count). The van der Waals surface area contributed by atoms with E-state index < -0.39 is 0 Å². The Kier molecular flexibility index (Phi) is 8.58. The highest BCUT2D eigenvalue weighted by atomic mass is 16.5. The Balaban J connectivity index is 1.56. The standard InChI is InChI=1S/C27H38O2/c1-3-5-7-8-10-27(28)29-26-18-17-24-19-23(15-16-25(24)20-26)22-13-11-21(12-14-22)9-6-4-2/h15-22H,3-14H2,1-2H3. The number of rotatable bonds is 10. The molecule has 0 N–H and O–H groups in total. The molecule has 158 valence electrons. The van der Waals surface area contributed by atoms with Crippen molar-refractivity contribution >= 4 is 16.7 Å². The van der Waals surface area contributed by atoms with Gasteiger partial charge in [0, 0.05) is 6.42 Å². The number of hydrogen-bond acceptors (Lipinski definition) is 2. The van der Waals surface area contributed by atoms with Crippen molar-refractivity contribution in [3.8, 4) is 5.75 Å². The summed E-state index contributed by atoms with van der Waals surface area (Å²) in [5, 5.41) is 2.40. The van der Waals surface area contributed by atoms with Gasteiger partial charge < -0.3 is 4.74 Å². The molecule has 0 amide bonds. The van der Waals surface area contributed by atoms with Gasteiger partial charge in [-0.25, -0.2) is 0 Å². The third kappa shape index (κ3) is 6.59. The molecule has 2 aromatic rings. The fourth-order valence-electron chi connectivity index (χ4n) is 4.72. The SMILES string of the molecule is CCCCCCC(=O)Oc1ccc2cc(C3CCC(CCCC)CC3)ccc2c1. The quantitative estimate of drug-likeness (QED) is 0.231. The lowest BCUT2D eigenvalue weighted by Crippen LogP contribution is -2.13. The minimum atomic E-state index is -0.114. The molecule has 0 radical (unpaired) electrons. The summed E-state index contributed by atoms with van der Waals surface area (Å²) in [6, 6.07) is 12.9. The molecule has 2 nitrogen and oxygen atoms in total. The molecule has 0 aromatic heterocycles. The average molecular weight is 395 g/mol. The number of carbonyl (C=O) groups excluding carboxylic acids is 1. The van der Waals surface area contributed by atoms with Crippen LogP contribution in [0.15, 0.2) is 36.4 Å². The van der Waals surface area contributed by atoms with Crippen molar-refractivity contribution in [3.63, 3.8) is 0 Å². The van der Waals surface area contributed by atoms with Gasteiger partial charge in [0.25, 0.3) is 0 Å². The summed E-state index contributed by atoms with van der Waals surface area (Å²) in [4.78, 5) is 12.0. The number of fused-ring (bicyclic) bond motifs is 1. The van der Waals surface area contributed by atoms with Crippen LogP contribution < -0.4 is 4.74 Å². The van der Waals surface area contributed by atoms with E-state index in [0.29, 0.717) is 18.1 Å². The topological polar surface area (TPSA) is 26.3 Å². The Morgan fingerprint density at radius 1 is 0.862 bits per heavy atom. The van der Waals surface area contributed by atoms with E-state index in [1.54, 1.807) is 0 Å². The molecule has 0 unspecified atom stereocenters. The molecule has 1 aliphatic carbocycles. The predicted molar refractivity (Wildman–Crippen MR) is 123 cm³/mol. The summed E-state index contributed by atoms with van der Waals surface area (Å²) in [5.41, 5.74) is 1.48. The second kappa shape index (κ2) is 11.4. The maximum atomic E-state index is 12.0. The second-order valence-electron chi connectivity index (χ2n) is 8.91. The third-order valence-corrected chi connectivity index (χ3v) is 6.59. The van der Waals surface area contributed by atoms with Gasteiger partial charge in [0.1, 0.15) is 5.75 Å². The molecular weight excluding hydrogens is 356 g/mol. The van der Waals surface area contributed by atoms with E-state index in [9.17, 15) is 4.79 Å². The van der Waals surface area contributed by atoms with Crippen LogP contribution in [-0.2, 0) is 4.79 Å². The van der Waals surface area contributed by atoms with Crippen LogP contribution in [0.2, 0.25) is 0 Å². The summed E-state index contributed by atoms with van der Waals surface area (Å²) < 4.78 is 5.55. The molecule has 2 heteroatoms. The Labute approximate surface area is 177 Å². The Bertz CT molecular complexity index is 771. The average Bonchev–Trinajstić information content (AvgIpc) is 2.75. The molecule has 0 bridgehead atoms. The van der Waals surface area contributed by atoms with E-state index in [2.05, 4.69) is 38.1 Å². The number of carbonyl (C=O) groups is 1. The first kappa shape index (κ1) is 21.9. The lowest BCUT2D eigenvalue weighted by Gasteiger charge is -2.29. The first-order chi connectivity index (χ1) is 14.2. The zero-order valence-corrected chi connectivity index (χ0v) is 18.4. The van der Waals surface area contributed by atoms with Crippen LogP contribution in [0.1, 0.15) is 102 Å². The second-order valence-corrected chi connectivity index (χ2v) is 8.91. The summed E-state index contributed by atoms with van der Waals surface area (Å²) >= 11 is 0. The van der Waals surface area contributed by atoms with Crippen molar-refractivity contribution in [1.29, 1.82) is 0 Å². The van der Waals surface area contributed by atoms with E-state index in [4.69, 9.17) is 4.74 Å². The maximum Gasteiger partial charge on any atom is 0.311 e. The zero-order valence-electron chi connectivity index (χ0n) is 18.4. The van der Waals surface area contributed by atoms with E-state index in [1.165, 1.54) is 68.7 Å². The third-order valence-electron chi connectivity index (χ3n) is 6.59. The molecule has 1 saturated carbocycles. The fraction of sp³-hybridized carbons (Fsp3) is 0.593. The number of hydrogen-bond donors (Lipinski definition) is 0. The van der Waals surface area contributed by atoms with Gasteiger partial charge in [-0.3, -0.25) is 4.79 Å². The van der Waals surface area contributed by atoms with Gasteiger partial charge in [-0.1, -0.05) is 76.6 Å². The monoisotopic (exact) mass is 394 g/mol. The Morgan fingerprint density at radius 3 is 2.34 bits per heavy atom. The minimum absolute atomic E-state index is 0.114. The Hall–Kier alpha value is -1.83. The van der Waals surface area contributed by atoms with E-state index >= 15 is 0 Å². The summed E-state index contributed by atoms with van der Waals surface area (Å²) in [6.45, 7) is 4.47. The lowest BCUT2D eigenvalue weighted by atomic mass is 9.77. The molecule has 0 atom stereocenters. The predicted octanol–water partition coefficient (Wildman–Crippen LogP) is 8.18. The van der Waals surface area contributed by atoms with Gasteiger partial charge in [-0.05, 0) is 72.4 Å². The normalized spacial score (nSPS) is 19.4. The van der Waals surface area contributed by atoms with Gasteiger partial charge in [0.15, 0.2) is 0 Å². The molecule has 0 saturated heterocycles. The first-order valence-corrected chi connectivity index (χ1v) is 11.9.